The minimum absolute atomic E-state index is 0.178. The van der Waals surface area contributed by atoms with Gasteiger partial charge >= 0.3 is 141 Å². The van der Waals surface area contributed by atoms with Crippen LogP contribution in [-0.4, -0.2) is 43.0 Å². The summed E-state index contributed by atoms with van der Waals surface area (Å²) >= 11 is -0.299. The third-order valence-corrected chi connectivity index (χ3v) is 7.43. The molecule has 8 heteroatoms. The minimum atomic E-state index is -3.78. The number of hydrogen-bond acceptors (Lipinski definition) is 5. The van der Waals surface area contributed by atoms with E-state index in [0.717, 1.165) is 19.7 Å². The molecular weight excluding hydrogens is 379 g/mol. The third-order valence-electron chi connectivity index (χ3n) is 3.26. The van der Waals surface area contributed by atoms with Crippen LogP contribution in [-0.2, 0) is 10.0 Å². The Hall–Kier alpha value is -2.02. The van der Waals surface area contributed by atoms with E-state index in [1.165, 1.54) is 0 Å². The van der Waals surface area contributed by atoms with Crippen LogP contribution in [0.15, 0.2) is 53.4 Å². The molecule has 6 nitrogen and oxygen atoms in total. The Morgan fingerprint density at radius 2 is 1.70 bits per heavy atom. The quantitative estimate of drug-likeness (QED) is 0.591. The first kappa shape index (κ1) is 15.9. The van der Waals surface area contributed by atoms with Crippen LogP contribution in [0, 0.1) is 13.8 Å². The molecule has 0 atom stereocenters. The zero-order chi connectivity index (χ0) is 16.4. The number of nitrogens with zero attached hydrogens (tertiary/aromatic N) is 4. The topological polar surface area (TPSA) is 77.7 Å². The molecule has 0 amide bonds. The number of aryl methyl sites for hydroxylation is 2. The Kier molecular flexibility index (Phi) is 4.30. The van der Waals surface area contributed by atoms with Crippen molar-refractivity contribution < 1.29 is 8.42 Å². The molecule has 0 unspecified atom stereocenters. The molecule has 0 saturated carbocycles. The number of aromatic nitrogens is 4. The van der Waals surface area contributed by atoms with Crippen molar-refractivity contribution in [1.29, 1.82) is 0 Å². The molecule has 0 spiro atoms. The van der Waals surface area contributed by atoms with Crippen LogP contribution in [0.2, 0.25) is 0 Å². The first-order chi connectivity index (χ1) is 11.0. The summed E-state index contributed by atoms with van der Waals surface area (Å²) < 4.78 is 27.8. The number of rotatable bonds is 4. The van der Waals surface area contributed by atoms with Crippen molar-refractivity contribution in [3.8, 4) is 0 Å². The second-order valence-electron chi connectivity index (χ2n) is 4.99. The van der Waals surface area contributed by atoms with Gasteiger partial charge in [0.2, 0.25) is 0 Å². The van der Waals surface area contributed by atoms with Crippen molar-refractivity contribution in [1.82, 2.24) is 19.6 Å². The summed E-state index contributed by atoms with van der Waals surface area (Å²) in [5.74, 6) is 0. The third kappa shape index (κ3) is 3.19. The van der Waals surface area contributed by atoms with Gasteiger partial charge in [0.15, 0.2) is 0 Å². The molecule has 0 aliphatic heterocycles. The second kappa shape index (κ2) is 6.23. The summed E-state index contributed by atoms with van der Waals surface area (Å²) in [6.45, 7) is 3.89. The maximum atomic E-state index is 12.7. The fourth-order valence-electron chi connectivity index (χ4n) is 1.96. The Balaban J connectivity index is 2.00. The molecule has 0 bridgehead atoms. The van der Waals surface area contributed by atoms with Crippen LogP contribution in [0.5, 0.6) is 0 Å². The van der Waals surface area contributed by atoms with Gasteiger partial charge in [0.25, 0.3) is 0 Å². The van der Waals surface area contributed by atoms with Crippen molar-refractivity contribution in [2.24, 2.45) is 0 Å². The molecule has 0 radical (unpaired) electrons. The number of hydrogen-bond donors (Lipinski definition) is 0. The van der Waals surface area contributed by atoms with Gasteiger partial charge < -0.3 is 0 Å². The fourth-order valence-corrected chi connectivity index (χ4v) is 5.43. The molecule has 3 rings (SSSR count). The van der Waals surface area contributed by atoms with E-state index in [9.17, 15) is 8.42 Å². The Labute approximate surface area is 140 Å². The van der Waals surface area contributed by atoms with Crippen LogP contribution < -0.4 is 9.18 Å². The van der Waals surface area contributed by atoms with E-state index in [1.807, 2.05) is 38.1 Å². The van der Waals surface area contributed by atoms with Gasteiger partial charge in [0, 0.05) is 0 Å². The van der Waals surface area contributed by atoms with Gasteiger partial charge in [-0.25, -0.2) is 0 Å². The van der Waals surface area contributed by atoms with E-state index in [2.05, 4.69) is 15.5 Å². The van der Waals surface area contributed by atoms with E-state index in [4.69, 9.17) is 0 Å². The number of benzene rings is 2. The van der Waals surface area contributed by atoms with Crippen molar-refractivity contribution in [2.45, 2.75) is 18.7 Å². The van der Waals surface area contributed by atoms with E-state index >= 15 is 0 Å². The molecule has 23 heavy (non-hydrogen) atoms. The fraction of sp³-hybridized carbons (Fsp3) is 0.133. The Morgan fingerprint density at radius 3 is 2.39 bits per heavy atom. The standard InChI is InChI=1S/C15H14N4O2SSe/c1-11-7-9-13(10-8-11)22(20,21)19-15(16-17-18-19)23-14-6-4-3-5-12(14)2/h3-10H,1-2H3. The number of tetrazole rings is 1. The zero-order valence-electron chi connectivity index (χ0n) is 12.5. The van der Waals surface area contributed by atoms with Crippen molar-refractivity contribution in [3.63, 3.8) is 0 Å². The average Bonchev–Trinajstić information content (AvgIpc) is 2.99. The van der Waals surface area contributed by atoms with Gasteiger partial charge in [0.1, 0.15) is 0 Å². The van der Waals surface area contributed by atoms with E-state index < -0.39 is 10.0 Å². The van der Waals surface area contributed by atoms with E-state index in [1.54, 1.807) is 24.3 Å². The van der Waals surface area contributed by atoms with Gasteiger partial charge in [-0.15, -0.1) is 0 Å². The van der Waals surface area contributed by atoms with Crippen molar-refractivity contribution >= 4 is 34.2 Å². The van der Waals surface area contributed by atoms with E-state index in [-0.39, 0.29) is 19.9 Å². The van der Waals surface area contributed by atoms with Gasteiger partial charge in [-0.05, 0) is 0 Å². The maximum absolute atomic E-state index is 12.7. The van der Waals surface area contributed by atoms with Gasteiger partial charge in [-0.3, -0.25) is 0 Å². The zero-order valence-corrected chi connectivity index (χ0v) is 15.1. The SMILES string of the molecule is Cc1ccc(S(=O)(=O)n2nnnc2[Se]c2ccccc2C)cc1. The predicted molar refractivity (Wildman–Crippen MR) is 87.8 cm³/mol. The van der Waals surface area contributed by atoms with Gasteiger partial charge in [-0.2, -0.15) is 0 Å². The van der Waals surface area contributed by atoms with Crippen LogP contribution >= 0.6 is 0 Å². The Morgan fingerprint density at radius 1 is 1.00 bits per heavy atom. The summed E-state index contributed by atoms with van der Waals surface area (Å²) in [5.41, 5.74) is 2.08. The second-order valence-corrected chi connectivity index (χ2v) is 8.87. The summed E-state index contributed by atoms with van der Waals surface area (Å²) in [7, 11) is -3.78. The molecule has 1 aromatic heterocycles. The first-order valence-corrected chi connectivity index (χ1v) is 9.98. The molecule has 0 N–H and O–H groups in total. The molecule has 0 aliphatic rings. The summed E-state index contributed by atoms with van der Waals surface area (Å²) in [5, 5.41) is 11.2. The summed E-state index contributed by atoms with van der Waals surface area (Å²) in [4.78, 5) is 0.178. The molecule has 0 saturated heterocycles. The van der Waals surface area contributed by atoms with Gasteiger partial charge in [-0.1, -0.05) is 0 Å². The molecule has 3 aromatic rings. The average molecular weight is 393 g/mol. The predicted octanol–water partition coefficient (Wildman–Crippen LogP) is 0.182. The molecule has 118 valence electrons. The van der Waals surface area contributed by atoms with Crippen LogP contribution in [0.4, 0.5) is 0 Å². The summed E-state index contributed by atoms with van der Waals surface area (Å²) in [6.07, 6.45) is 0. The van der Waals surface area contributed by atoms with Gasteiger partial charge in [0.05, 0.1) is 0 Å². The molecule has 0 aliphatic carbocycles. The monoisotopic (exact) mass is 394 g/mol. The normalized spacial score (nSPS) is 11.6. The molecular formula is C15H14N4O2SSe. The van der Waals surface area contributed by atoms with Crippen LogP contribution in [0.1, 0.15) is 11.1 Å². The van der Waals surface area contributed by atoms with Crippen molar-refractivity contribution in [2.75, 3.05) is 0 Å². The molecule has 2 aromatic carbocycles. The van der Waals surface area contributed by atoms with Crippen molar-refractivity contribution in [3.05, 3.63) is 59.7 Å². The molecule has 0 fully saturated rings. The van der Waals surface area contributed by atoms with Crippen LogP contribution in [0.3, 0.4) is 0 Å². The Bertz CT molecular complexity index is 936. The summed E-state index contributed by atoms with van der Waals surface area (Å²) in [6, 6.07) is 14.5. The van der Waals surface area contributed by atoms with E-state index in [0.29, 0.717) is 4.72 Å². The first-order valence-electron chi connectivity index (χ1n) is 6.82. The molecule has 1 heterocycles. The van der Waals surface area contributed by atoms with Crippen LogP contribution in [0.25, 0.3) is 0 Å².